The molecule has 0 radical (unpaired) electrons. The van der Waals surface area contributed by atoms with Crippen molar-refractivity contribution in [2.24, 2.45) is 11.8 Å². The van der Waals surface area contributed by atoms with E-state index in [0.29, 0.717) is 13.2 Å². The van der Waals surface area contributed by atoms with Crippen LogP contribution in [0.4, 0.5) is 13.2 Å². The lowest BCUT2D eigenvalue weighted by molar-refractivity contribution is -0.140. The summed E-state index contributed by atoms with van der Waals surface area (Å²) in [5, 5.41) is 3.33. The fourth-order valence-corrected chi connectivity index (χ4v) is 3.72. The maximum absolute atomic E-state index is 13.3. The third kappa shape index (κ3) is 4.16. The standard InChI is InChI=1S/C17H21ClF3NO2/c18-13-1-2-15(14(9-13)17(19,20)21)24-16(12-3-6-22-10-12)11-4-7-23-8-5-11/h1-2,9,11-12,16,22H,3-8,10H2/t12?,16-/m1/s1. The minimum atomic E-state index is -4.49. The summed E-state index contributed by atoms with van der Waals surface area (Å²) >= 11 is 5.75. The van der Waals surface area contributed by atoms with E-state index in [1.807, 2.05) is 0 Å². The van der Waals surface area contributed by atoms with Gasteiger partial charge in [-0.3, -0.25) is 0 Å². The van der Waals surface area contributed by atoms with Crippen LogP contribution < -0.4 is 10.1 Å². The van der Waals surface area contributed by atoms with Crippen LogP contribution in [0.15, 0.2) is 18.2 Å². The van der Waals surface area contributed by atoms with Gasteiger partial charge < -0.3 is 14.8 Å². The number of ether oxygens (including phenoxy) is 2. The second-order valence-corrected chi connectivity index (χ2v) is 6.86. The van der Waals surface area contributed by atoms with Gasteiger partial charge in [-0.2, -0.15) is 13.2 Å². The molecule has 2 aliphatic rings. The molecule has 1 aromatic rings. The average Bonchev–Trinajstić information content (AvgIpc) is 3.08. The normalized spacial score (nSPS) is 24.1. The number of hydrogen-bond donors (Lipinski definition) is 1. The minimum Gasteiger partial charge on any atom is -0.489 e. The van der Waals surface area contributed by atoms with E-state index in [4.69, 9.17) is 21.1 Å². The Balaban J connectivity index is 1.86. The van der Waals surface area contributed by atoms with Gasteiger partial charge in [0.2, 0.25) is 0 Å². The summed E-state index contributed by atoms with van der Waals surface area (Å²) in [7, 11) is 0. The lowest BCUT2D eigenvalue weighted by atomic mass is 9.85. The Labute approximate surface area is 144 Å². The smallest absolute Gasteiger partial charge is 0.420 e. The van der Waals surface area contributed by atoms with E-state index in [9.17, 15) is 13.2 Å². The highest BCUT2D eigenvalue weighted by molar-refractivity contribution is 6.30. The van der Waals surface area contributed by atoms with Crippen LogP contribution in [0.2, 0.25) is 5.02 Å². The Morgan fingerprint density at radius 2 is 1.92 bits per heavy atom. The third-order valence-corrected chi connectivity index (χ3v) is 5.04. The summed E-state index contributed by atoms with van der Waals surface area (Å²) in [6.07, 6.45) is -2.19. The molecule has 7 heteroatoms. The average molecular weight is 364 g/mol. The summed E-state index contributed by atoms with van der Waals surface area (Å²) in [5.74, 6) is 0.292. The molecule has 0 bridgehead atoms. The highest BCUT2D eigenvalue weighted by Crippen LogP contribution is 2.40. The van der Waals surface area contributed by atoms with Gasteiger partial charge in [0, 0.05) is 36.6 Å². The second kappa shape index (κ2) is 7.50. The second-order valence-electron chi connectivity index (χ2n) is 6.42. The van der Waals surface area contributed by atoms with Crippen molar-refractivity contribution in [2.45, 2.75) is 31.5 Å². The first-order valence-corrected chi connectivity index (χ1v) is 8.65. The molecule has 0 aromatic heterocycles. The van der Waals surface area contributed by atoms with Gasteiger partial charge in [0.25, 0.3) is 0 Å². The van der Waals surface area contributed by atoms with Crippen LogP contribution in [0.1, 0.15) is 24.8 Å². The molecule has 24 heavy (non-hydrogen) atoms. The van der Waals surface area contributed by atoms with Crippen molar-refractivity contribution in [1.82, 2.24) is 5.32 Å². The van der Waals surface area contributed by atoms with Crippen molar-refractivity contribution in [1.29, 1.82) is 0 Å². The number of hydrogen-bond acceptors (Lipinski definition) is 3. The number of nitrogens with one attached hydrogen (secondary N) is 1. The van der Waals surface area contributed by atoms with E-state index in [1.165, 1.54) is 12.1 Å². The Bertz CT molecular complexity index is 555. The SMILES string of the molecule is FC(F)(F)c1cc(Cl)ccc1O[C@H](C1CCOCC1)C1CCNC1. The van der Waals surface area contributed by atoms with Crippen LogP contribution in [0.3, 0.4) is 0 Å². The largest absolute Gasteiger partial charge is 0.489 e. The van der Waals surface area contributed by atoms with Gasteiger partial charge in [0.15, 0.2) is 0 Å². The van der Waals surface area contributed by atoms with E-state index in [-0.39, 0.29) is 28.7 Å². The summed E-state index contributed by atoms with van der Waals surface area (Å²) in [6.45, 7) is 2.92. The van der Waals surface area contributed by atoms with Gasteiger partial charge in [-0.05, 0) is 44.0 Å². The molecule has 3 nitrogen and oxygen atoms in total. The monoisotopic (exact) mass is 363 g/mol. The molecule has 1 aromatic carbocycles. The summed E-state index contributed by atoms with van der Waals surface area (Å²) in [4.78, 5) is 0. The van der Waals surface area contributed by atoms with E-state index in [2.05, 4.69) is 5.32 Å². The summed E-state index contributed by atoms with van der Waals surface area (Å²) < 4.78 is 51.3. The van der Waals surface area contributed by atoms with Crippen LogP contribution in [0.25, 0.3) is 0 Å². The Hall–Kier alpha value is -0.980. The Morgan fingerprint density at radius 3 is 2.54 bits per heavy atom. The van der Waals surface area contributed by atoms with E-state index < -0.39 is 11.7 Å². The molecule has 2 heterocycles. The fourth-order valence-electron chi connectivity index (χ4n) is 3.55. The van der Waals surface area contributed by atoms with Gasteiger partial charge in [-0.25, -0.2) is 0 Å². The van der Waals surface area contributed by atoms with E-state index in [1.54, 1.807) is 0 Å². The molecule has 2 fully saturated rings. The Morgan fingerprint density at radius 1 is 1.17 bits per heavy atom. The lowest BCUT2D eigenvalue weighted by Crippen LogP contribution is -2.39. The van der Waals surface area contributed by atoms with E-state index >= 15 is 0 Å². The zero-order chi connectivity index (χ0) is 17.2. The first kappa shape index (κ1) is 17.8. The lowest BCUT2D eigenvalue weighted by Gasteiger charge is -2.35. The van der Waals surface area contributed by atoms with Crippen LogP contribution in [0.5, 0.6) is 5.75 Å². The first-order valence-electron chi connectivity index (χ1n) is 8.27. The molecule has 0 aliphatic carbocycles. The Kier molecular flexibility index (Phi) is 5.57. The van der Waals surface area contributed by atoms with Crippen molar-refractivity contribution >= 4 is 11.6 Å². The van der Waals surface area contributed by atoms with Crippen molar-refractivity contribution in [3.63, 3.8) is 0 Å². The highest BCUT2D eigenvalue weighted by atomic mass is 35.5. The highest BCUT2D eigenvalue weighted by Gasteiger charge is 2.38. The van der Waals surface area contributed by atoms with E-state index in [0.717, 1.165) is 38.4 Å². The molecule has 2 atom stereocenters. The van der Waals surface area contributed by atoms with Gasteiger partial charge in [0.05, 0.1) is 5.56 Å². The fraction of sp³-hybridized carbons (Fsp3) is 0.647. The van der Waals surface area contributed by atoms with Gasteiger partial charge in [-0.15, -0.1) is 0 Å². The molecule has 2 saturated heterocycles. The number of benzene rings is 1. The van der Waals surface area contributed by atoms with Crippen molar-refractivity contribution in [3.05, 3.63) is 28.8 Å². The zero-order valence-corrected chi connectivity index (χ0v) is 14.0. The molecular formula is C17H21ClF3NO2. The topological polar surface area (TPSA) is 30.5 Å². The molecule has 1 N–H and O–H groups in total. The maximum Gasteiger partial charge on any atom is 0.420 e. The maximum atomic E-state index is 13.3. The molecule has 134 valence electrons. The minimum absolute atomic E-state index is 0.0554. The van der Waals surface area contributed by atoms with Crippen molar-refractivity contribution in [3.8, 4) is 5.75 Å². The van der Waals surface area contributed by atoms with Crippen molar-refractivity contribution < 1.29 is 22.6 Å². The van der Waals surface area contributed by atoms with Crippen LogP contribution in [0, 0.1) is 11.8 Å². The summed E-state index contributed by atoms with van der Waals surface area (Å²) in [6, 6.07) is 3.71. The molecule has 0 saturated carbocycles. The van der Waals surface area contributed by atoms with Crippen molar-refractivity contribution in [2.75, 3.05) is 26.3 Å². The molecule has 1 unspecified atom stereocenters. The van der Waals surface area contributed by atoms with Gasteiger partial charge in [0.1, 0.15) is 11.9 Å². The molecule has 0 amide bonds. The number of halogens is 4. The predicted molar refractivity (Wildman–Crippen MR) is 85.4 cm³/mol. The number of alkyl halides is 3. The van der Waals surface area contributed by atoms with Gasteiger partial charge >= 0.3 is 6.18 Å². The molecule has 0 spiro atoms. The zero-order valence-electron chi connectivity index (χ0n) is 13.2. The summed E-state index contributed by atoms with van der Waals surface area (Å²) in [5.41, 5.74) is -0.807. The number of rotatable bonds is 4. The van der Waals surface area contributed by atoms with Crippen LogP contribution in [-0.2, 0) is 10.9 Å². The molecule has 3 rings (SSSR count). The first-order chi connectivity index (χ1) is 11.4. The third-order valence-electron chi connectivity index (χ3n) is 4.80. The van der Waals surface area contributed by atoms with Crippen LogP contribution >= 0.6 is 11.6 Å². The quantitative estimate of drug-likeness (QED) is 0.872. The predicted octanol–water partition coefficient (Wildman–Crippen LogP) is 4.14. The van der Waals surface area contributed by atoms with Crippen LogP contribution in [-0.4, -0.2) is 32.4 Å². The van der Waals surface area contributed by atoms with Gasteiger partial charge in [-0.1, -0.05) is 11.6 Å². The molecular weight excluding hydrogens is 343 g/mol. The molecule has 2 aliphatic heterocycles.